The van der Waals surface area contributed by atoms with Crippen LogP contribution in [0.4, 0.5) is 0 Å². The minimum atomic E-state index is -0.0539. The topological polar surface area (TPSA) is 32.3 Å². The molecular formula is C17H25NO. The van der Waals surface area contributed by atoms with E-state index in [9.17, 15) is 5.11 Å². The van der Waals surface area contributed by atoms with Crippen molar-refractivity contribution < 1.29 is 5.11 Å². The molecule has 0 heterocycles. The lowest BCUT2D eigenvalue weighted by atomic mass is 9.90. The molecule has 0 aliphatic heterocycles. The Hall–Kier alpha value is -0.860. The smallest absolute Gasteiger partial charge is 0.0541 e. The molecule has 1 aromatic carbocycles. The van der Waals surface area contributed by atoms with Crippen LogP contribution in [-0.4, -0.2) is 17.3 Å². The van der Waals surface area contributed by atoms with E-state index in [2.05, 4.69) is 23.5 Å². The van der Waals surface area contributed by atoms with Crippen molar-refractivity contribution in [2.45, 2.75) is 70.1 Å². The van der Waals surface area contributed by atoms with Crippen LogP contribution >= 0.6 is 0 Å². The van der Waals surface area contributed by atoms with Crippen LogP contribution in [0.15, 0.2) is 18.2 Å². The first kappa shape index (κ1) is 13.1. The molecule has 0 aromatic heterocycles. The van der Waals surface area contributed by atoms with E-state index >= 15 is 0 Å². The second-order valence-corrected chi connectivity index (χ2v) is 6.20. The quantitative estimate of drug-likeness (QED) is 0.874. The number of rotatable bonds is 3. The van der Waals surface area contributed by atoms with Crippen molar-refractivity contribution in [3.8, 4) is 0 Å². The first-order valence-corrected chi connectivity index (χ1v) is 7.83. The average molecular weight is 259 g/mol. The van der Waals surface area contributed by atoms with Crippen LogP contribution in [0.2, 0.25) is 0 Å². The van der Waals surface area contributed by atoms with Crippen LogP contribution < -0.4 is 5.32 Å². The molecule has 0 atom stereocenters. The predicted octanol–water partition coefficient (Wildman–Crippen LogP) is 2.96. The Kier molecular flexibility index (Phi) is 4.19. The molecule has 2 N–H and O–H groups in total. The number of aliphatic hydroxyl groups is 1. The van der Waals surface area contributed by atoms with Gasteiger partial charge in [-0.2, -0.15) is 0 Å². The standard InChI is InChI=1S/C17H25NO/c19-17-9-7-16(8-10-17)18-12-13-5-6-14-3-1-2-4-15(14)11-13/h5-6,11,16-19H,1-4,7-10,12H2. The van der Waals surface area contributed by atoms with E-state index in [1.54, 1.807) is 11.1 Å². The SMILES string of the molecule is OC1CCC(NCc2ccc3c(c2)CCCC3)CC1. The predicted molar refractivity (Wildman–Crippen MR) is 78.2 cm³/mol. The van der Waals surface area contributed by atoms with Gasteiger partial charge in [0.15, 0.2) is 0 Å². The van der Waals surface area contributed by atoms with Gasteiger partial charge in [0.1, 0.15) is 0 Å². The Labute approximate surface area is 116 Å². The highest BCUT2D eigenvalue weighted by molar-refractivity contribution is 5.33. The van der Waals surface area contributed by atoms with Crippen LogP contribution in [0.1, 0.15) is 55.2 Å². The van der Waals surface area contributed by atoms with E-state index in [1.807, 2.05) is 0 Å². The summed E-state index contributed by atoms with van der Waals surface area (Å²) in [7, 11) is 0. The van der Waals surface area contributed by atoms with Gasteiger partial charge in [-0.15, -0.1) is 0 Å². The van der Waals surface area contributed by atoms with E-state index in [4.69, 9.17) is 0 Å². The summed E-state index contributed by atoms with van der Waals surface area (Å²) in [6.07, 6.45) is 9.34. The first-order valence-electron chi connectivity index (χ1n) is 7.83. The van der Waals surface area contributed by atoms with Crippen LogP contribution in [0.25, 0.3) is 0 Å². The third-order valence-corrected chi connectivity index (χ3v) is 4.70. The van der Waals surface area contributed by atoms with Gasteiger partial charge in [-0.25, -0.2) is 0 Å². The molecule has 0 bridgehead atoms. The molecule has 0 radical (unpaired) electrons. The third kappa shape index (κ3) is 3.37. The van der Waals surface area contributed by atoms with Gasteiger partial charge in [0.05, 0.1) is 6.10 Å². The number of hydrogen-bond donors (Lipinski definition) is 2. The number of nitrogens with one attached hydrogen (secondary N) is 1. The van der Waals surface area contributed by atoms with Crippen molar-refractivity contribution in [3.63, 3.8) is 0 Å². The molecule has 0 spiro atoms. The molecule has 2 aliphatic rings. The number of fused-ring (bicyclic) bond motifs is 1. The second kappa shape index (κ2) is 6.06. The lowest BCUT2D eigenvalue weighted by Crippen LogP contribution is -2.34. The molecule has 2 heteroatoms. The zero-order valence-corrected chi connectivity index (χ0v) is 11.7. The molecule has 3 rings (SSSR count). The van der Waals surface area contributed by atoms with Gasteiger partial charge >= 0.3 is 0 Å². The molecule has 2 aliphatic carbocycles. The number of benzene rings is 1. The summed E-state index contributed by atoms with van der Waals surface area (Å²) in [6.45, 7) is 0.980. The summed E-state index contributed by atoms with van der Waals surface area (Å²) in [5, 5.41) is 13.2. The summed E-state index contributed by atoms with van der Waals surface area (Å²) in [5.74, 6) is 0. The molecule has 0 unspecified atom stereocenters. The van der Waals surface area contributed by atoms with Gasteiger partial charge in [0, 0.05) is 12.6 Å². The number of aryl methyl sites for hydroxylation is 2. The summed E-state index contributed by atoms with van der Waals surface area (Å²) >= 11 is 0. The molecule has 1 saturated carbocycles. The molecule has 104 valence electrons. The van der Waals surface area contributed by atoms with Crippen molar-refractivity contribution in [1.82, 2.24) is 5.32 Å². The maximum Gasteiger partial charge on any atom is 0.0541 e. The van der Waals surface area contributed by atoms with E-state index < -0.39 is 0 Å². The Morgan fingerprint density at radius 1 is 1.00 bits per heavy atom. The zero-order chi connectivity index (χ0) is 13.1. The fraction of sp³-hybridized carbons (Fsp3) is 0.647. The lowest BCUT2D eigenvalue weighted by Gasteiger charge is -2.26. The van der Waals surface area contributed by atoms with Crippen LogP contribution in [-0.2, 0) is 19.4 Å². The Balaban J connectivity index is 1.55. The first-order chi connectivity index (χ1) is 9.31. The van der Waals surface area contributed by atoms with Crippen molar-refractivity contribution in [2.75, 3.05) is 0 Å². The van der Waals surface area contributed by atoms with Crippen molar-refractivity contribution >= 4 is 0 Å². The molecule has 0 saturated heterocycles. The van der Waals surface area contributed by atoms with E-state index in [0.717, 1.165) is 32.2 Å². The Bertz CT molecular complexity index is 421. The van der Waals surface area contributed by atoms with E-state index in [1.165, 1.54) is 31.2 Å². The summed E-state index contributed by atoms with van der Waals surface area (Å²) < 4.78 is 0. The van der Waals surface area contributed by atoms with Crippen LogP contribution in [0, 0.1) is 0 Å². The summed E-state index contributed by atoms with van der Waals surface area (Å²) in [4.78, 5) is 0. The molecule has 1 aromatic rings. The average Bonchev–Trinajstić information content (AvgIpc) is 2.46. The maximum absolute atomic E-state index is 9.52. The summed E-state index contributed by atoms with van der Waals surface area (Å²) in [6, 6.07) is 7.61. The van der Waals surface area contributed by atoms with Gasteiger partial charge in [0.2, 0.25) is 0 Å². The zero-order valence-electron chi connectivity index (χ0n) is 11.7. The van der Waals surface area contributed by atoms with Gasteiger partial charge in [-0.05, 0) is 68.1 Å². The number of hydrogen-bond acceptors (Lipinski definition) is 2. The largest absolute Gasteiger partial charge is 0.393 e. The van der Waals surface area contributed by atoms with Gasteiger partial charge in [0.25, 0.3) is 0 Å². The highest BCUT2D eigenvalue weighted by Crippen LogP contribution is 2.23. The lowest BCUT2D eigenvalue weighted by molar-refractivity contribution is 0.116. The van der Waals surface area contributed by atoms with E-state index in [0.29, 0.717) is 6.04 Å². The van der Waals surface area contributed by atoms with Gasteiger partial charge in [-0.3, -0.25) is 0 Å². The molecule has 19 heavy (non-hydrogen) atoms. The second-order valence-electron chi connectivity index (χ2n) is 6.20. The molecular weight excluding hydrogens is 234 g/mol. The van der Waals surface area contributed by atoms with Crippen molar-refractivity contribution in [3.05, 3.63) is 34.9 Å². The Morgan fingerprint density at radius 2 is 1.74 bits per heavy atom. The normalized spacial score (nSPS) is 27.0. The Morgan fingerprint density at radius 3 is 2.53 bits per heavy atom. The molecule has 1 fully saturated rings. The third-order valence-electron chi connectivity index (χ3n) is 4.70. The number of aliphatic hydroxyl groups excluding tert-OH is 1. The van der Waals surface area contributed by atoms with Crippen molar-refractivity contribution in [1.29, 1.82) is 0 Å². The van der Waals surface area contributed by atoms with E-state index in [-0.39, 0.29) is 6.10 Å². The highest BCUT2D eigenvalue weighted by atomic mass is 16.3. The minimum Gasteiger partial charge on any atom is -0.393 e. The van der Waals surface area contributed by atoms with Crippen LogP contribution in [0.5, 0.6) is 0 Å². The van der Waals surface area contributed by atoms with Crippen LogP contribution in [0.3, 0.4) is 0 Å². The van der Waals surface area contributed by atoms with Gasteiger partial charge < -0.3 is 10.4 Å². The molecule has 0 amide bonds. The van der Waals surface area contributed by atoms with Crippen molar-refractivity contribution in [2.24, 2.45) is 0 Å². The molecule has 2 nitrogen and oxygen atoms in total. The monoisotopic (exact) mass is 259 g/mol. The fourth-order valence-electron chi connectivity index (χ4n) is 3.44. The minimum absolute atomic E-state index is 0.0539. The van der Waals surface area contributed by atoms with Gasteiger partial charge in [-0.1, -0.05) is 18.2 Å². The summed E-state index contributed by atoms with van der Waals surface area (Å²) in [5.41, 5.74) is 4.56. The maximum atomic E-state index is 9.52. The fourth-order valence-corrected chi connectivity index (χ4v) is 3.44. The highest BCUT2D eigenvalue weighted by Gasteiger charge is 2.18.